The molecule has 1 aromatic heterocycles. The van der Waals surface area contributed by atoms with Gasteiger partial charge < -0.3 is 15.8 Å². The molecule has 0 saturated heterocycles. The number of hydrogen-bond donors (Lipinski definition) is 2. The van der Waals surface area contributed by atoms with Crippen LogP contribution in [0.2, 0.25) is 0 Å². The second kappa shape index (κ2) is 7.47. The first-order valence-electron chi connectivity index (χ1n) is 6.11. The van der Waals surface area contributed by atoms with Crippen molar-refractivity contribution in [2.75, 3.05) is 20.2 Å². The SMILES string of the molecule is CCCNC(=O)Cn1nnc(C(=O)OC)c1CCN. The summed E-state index contributed by atoms with van der Waals surface area (Å²) < 4.78 is 5.99. The highest BCUT2D eigenvalue weighted by atomic mass is 16.5. The fourth-order valence-corrected chi connectivity index (χ4v) is 1.56. The summed E-state index contributed by atoms with van der Waals surface area (Å²) in [5.74, 6) is -0.759. The average Bonchev–Trinajstić information content (AvgIpc) is 2.79. The van der Waals surface area contributed by atoms with Crippen molar-refractivity contribution in [3.8, 4) is 0 Å². The van der Waals surface area contributed by atoms with Crippen LogP contribution in [0.25, 0.3) is 0 Å². The van der Waals surface area contributed by atoms with Gasteiger partial charge in [-0.05, 0) is 13.0 Å². The lowest BCUT2D eigenvalue weighted by Crippen LogP contribution is -2.29. The van der Waals surface area contributed by atoms with Crippen LogP contribution in [0.4, 0.5) is 0 Å². The predicted molar refractivity (Wildman–Crippen MR) is 67.4 cm³/mol. The summed E-state index contributed by atoms with van der Waals surface area (Å²) in [5.41, 5.74) is 6.11. The molecule has 0 saturated carbocycles. The second-order valence-electron chi connectivity index (χ2n) is 3.92. The van der Waals surface area contributed by atoms with Crippen LogP contribution in [0.15, 0.2) is 0 Å². The molecule has 8 nitrogen and oxygen atoms in total. The van der Waals surface area contributed by atoms with Crippen molar-refractivity contribution in [1.82, 2.24) is 20.3 Å². The van der Waals surface area contributed by atoms with Gasteiger partial charge in [0.2, 0.25) is 5.91 Å². The molecule has 106 valence electrons. The highest BCUT2D eigenvalue weighted by Crippen LogP contribution is 2.07. The number of esters is 1. The molecule has 1 amide bonds. The van der Waals surface area contributed by atoms with Gasteiger partial charge in [0.15, 0.2) is 5.69 Å². The van der Waals surface area contributed by atoms with Crippen molar-refractivity contribution >= 4 is 11.9 Å². The Morgan fingerprint density at radius 3 is 2.79 bits per heavy atom. The zero-order valence-corrected chi connectivity index (χ0v) is 11.2. The smallest absolute Gasteiger partial charge is 0.360 e. The highest BCUT2D eigenvalue weighted by Gasteiger charge is 2.20. The first-order valence-corrected chi connectivity index (χ1v) is 6.11. The number of ether oxygens (including phenoxy) is 1. The Bertz CT molecular complexity index is 444. The number of methoxy groups -OCH3 is 1. The molecule has 0 radical (unpaired) electrons. The topological polar surface area (TPSA) is 112 Å². The lowest BCUT2D eigenvalue weighted by Gasteiger charge is -2.07. The van der Waals surface area contributed by atoms with Gasteiger partial charge in [-0.25, -0.2) is 9.48 Å². The molecule has 1 heterocycles. The highest BCUT2D eigenvalue weighted by molar-refractivity contribution is 5.88. The van der Waals surface area contributed by atoms with Gasteiger partial charge in [-0.2, -0.15) is 0 Å². The lowest BCUT2D eigenvalue weighted by molar-refractivity contribution is -0.121. The Balaban J connectivity index is 2.85. The van der Waals surface area contributed by atoms with E-state index in [0.717, 1.165) is 6.42 Å². The number of amides is 1. The number of nitrogens with two attached hydrogens (primary N) is 1. The molecule has 0 fully saturated rings. The number of rotatable bonds is 7. The van der Waals surface area contributed by atoms with E-state index < -0.39 is 5.97 Å². The van der Waals surface area contributed by atoms with E-state index >= 15 is 0 Å². The summed E-state index contributed by atoms with van der Waals surface area (Å²) in [6, 6.07) is 0. The molecule has 0 aromatic carbocycles. The molecule has 0 aliphatic heterocycles. The van der Waals surface area contributed by atoms with Crippen molar-refractivity contribution in [2.45, 2.75) is 26.3 Å². The van der Waals surface area contributed by atoms with Gasteiger partial charge >= 0.3 is 5.97 Å². The van der Waals surface area contributed by atoms with E-state index in [2.05, 4.69) is 20.4 Å². The largest absolute Gasteiger partial charge is 0.464 e. The number of aromatic nitrogens is 3. The van der Waals surface area contributed by atoms with E-state index in [0.29, 0.717) is 25.2 Å². The Kier molecular flexibility index (Phi) is 5.94. The number of nitrogens with zero attached hydrogens (tertiary/aromatic N) is 3. The van der Waals surface area contributed by atoms with Crippen LogP contribution in [-0.2, 0) is 22.5 Å². The molecule has 0 aliphatic carbocycles. The number of carbonyl (C=O) groups is 2. The third kappa shape index (κ3) is 4.02. The van der Waals surface area contributed by atoms with Crippen molar-refractivity contribution in [3.63, 3.8) is 0 Å². The zero-order chi connectivity index (χ0) is 14.3. The number of hydrogen-bond acceptors (Lipinski definition) is 6. The van der Waals surface area contributed by atoms with E-state index in [1.807, 2.05) is 6.92 Å². The molecule has 1 rings (SSSR count). The second-order valence-corrected chi connectivity index (χ2v) is 3.92. The Morgan fingerprint density at radius 2 is 2.21 bits per heavy atom. The van der Waals surface area contributed by atoms with E-state index in [9.17, 15) is 9.59 Å². The van der Waals surface area contributed by atoms with Crippen LogP contribution >= 0.6 is 0 Å². The van der Waals surface area contributed by atoms with Crippen LogP contribution < -0.4 is 11.1 Å². The van der Waals surface area contributed by atoms with Gasteiger partial charge in [0.05, 0.1) is 12.8 Å². The molecule has 0 unspecified atom stereocenters. The van der Waals surface area contributed by atoms with Crippen molar-refractivity contribution in [3.05, 3.63) is 11.4 Å². The van der Waals surface area contributed by atoms with Crippen molar-refractivity contribution in [2.24, 2.45) is 5.73 Å². The predicted octanol–water partition coefficient (Wildman–Crippen LogP) is -0.908. The number of nitrogens with one attached hydrogen (secondary N) is 1. The van der Waals surface area contributed by atoms with Crippen LogP contribution in [0.3, 0.4) is 0 Å². The summed E-state index contributed by atoms with van der Waals surface area (Å²) in [6.07, 6.45) is 1.25. The number of carbonyl (C=O) groups excluding carboxylic acids is 2. The van der Waals surface area contributed by atoms with Crippen LogP contribution in [0, 0.1) is 0 Å². The minimum atomic E-state index is -0.580. The summed E-state index contributed by atoms with van der Waals surface area (Å²) in [7, 11) is 1.27. The monoisotopic (exact) mass is 269 g/mol. The molecule has 1 aromatic rings. The lowest BCUT2D eigenvalue weighted by atomic mass is 10.2. The maximum atomic E-state index is 11.6. The normalized spacial score (nSPS) is 10.3. The van der Waals surface area contributed by atoms with E-state index in [1.165, 1.54) is 11.8 Å². The van der Waals surface area contributed by atoms with Crippen molar-refractivity contribution in [1.29, 1.82) is 0 Å². The standard InChI is InChI=1S/C11H19N5O3/c1-3-6-13-9(17)7-16-8(4-5-12)10(14-15-16)11(18)19-2/h3-7,12H2,1-2H3,(H,13,17). The van der Waals surface area contributed by atoms with Crippen LogP contribution in [-0.4, -0.2) is 47.1 Å². The minimum Gasteiger partial charge on any atom is -0.464 e. The summed E-state index contributed by atoms with van der Waals surface area (Å²) in [6.45, 7) is 2.90. The first kappa shape index (κ1) is 15.1. The molecule has 0 bridgehead atoms. The Hall–Kier alpha value is -1.96. The average molecular weight is 269 g/mol. The van der Waals surface area contributed by atoms with Gasteiger partial charge in [0.25, 0.3) is 0 Å². The third-order valence-electron chi connectivity index (χ3n) is 2.46. The molecule has 0 spiro atoms. The fraction of sp³-hybridized carbons (Fsp3) is 0.636. The van der Waals surface area contributed by atoms with E-state index in [1.54, 1.807) is 0 Å². The Morgan fingerprint density at radius 1 is 1.47 bits per heavy atom. The first-order chi connectivity index (χ1) is 9.13. The van der Waals surface area contributed by atoms with Crippen LogP contribution in [0.5, 0.6) is 0 Å². The fourth-order valence-electron chi connectivity index (χ4n) is 1.56. The van der Waals surface area contributed by atoms with Gasteiger partial charge in [0, 0.05) is 13.0 Å². The molecule has 3 N–H and O–H groups in total. The zero-order valence-electron chi connectivity index (χ0n) is 11.2. The summed E-state index contributed by atoms with van der Waals surface area (Å²) >= 11 is 0. The van der Waals surface area contributed by atoms with E-state index in [4.69, 9.17) is 5.73 Å². The molecule has 8 heteroatoms. The van der Waals surface area contributed by atoms with Gasteiger partial charge in [0.1, 0.15) is 6.54 Å². The summed E-state index contributed by atoms with van der Waals surface area (Å²) in [5, 5.41) is 10.3. The molecular formula is C11H19N5O3. The van der Waals surface area contributed by atoms with Crippen LogP contribution in [0.1, 0.15) is 29.5 Å². The maximum Gasteiger partial charge on any atom is 0.360 e. The Labute approximate surface area is 111 Å². The summed E-state index contributed by atoms with van der Waals surface area (Å²) in [4.78, 5) is 23.1. The van der Waals surface area contributed by atoms with Gasteiger partial charge in [-0.1, -0.05) is 12.1 Å². The van der Waals surface area contributed by atoms with E-state index in [-0.39, 0.29) is 18.1 Å². The maximum absolute atomic E-state index is 11.6. The molecule has 19 heavy (non-hydrogen) atoms. The molecule has 0 aliphatic rings. The van der Waals surface area contributed by atoms with Gasteiger partial charge in [-0.3, -0.25) is 4.79 Å². The molecule has 0 atom stereocenters. The quantitative estimate of drug-likeness (QED) is 0.620. The third-order valence-corrected chi connectivity index (χ3v) is 2.46. The minimum absolute atomic E-state index is 0.0132. The van der Waals surface area contributed by atoms with Crippen molar-refractivity contribution < 1.29 is 14.3 Å². The van der Waals surface area contributed by atoms with Gasteiger partial charge in [-0.15, -0.1) is 5.10 Å². The molecular weight excluding hydrogens is 250 g/mol.